The highest BCUT2D eigenvalue weighted by Crippen LogP contribution is 2.15. The second kappa shape index (κ2) is 8.76. The molecule has 0 aliphatic carbocycles. The van der Waals surface area contributed by atoms with E-state index in [9.17, 15) is 0 Å². The smallest absolute Gasteiger partial charge is 0.0322 e. The van der Waals surface area contributed by atoms with Crippen LogP contribution in [-0.2, 0) is 0 Å². The largest absolute Gasteiger partial charge is 0.0847 e. The van der Waals surface area contributed by atoms with Gasteiger partial charge in [0, 0.05) is 0 Å². The van der Waals surface area contributed by atoms with E-state index < -0.39 is 0 Å². The van der Waals surface area contributed by atoms with Crippen LogP contribution in [0.5, 0.6) is 0 Å². The summed E-state index contributed by atoms with van der Waals surface area (Å²) in [5.74, 6) is 1.70. The minimum absolute atomic E-state index is 0.838. The van der Waals surface area contributed by atoms with Crippen molar-refractivity contribution in [3.63, 3.8) is 0 Å². The van der Waals surface area contributed by atoms with Crippen LogP contribution >= 0.6 is 0 Å². The van der Waals surface area contributed by atoms with Gasteiger partial charge in [0.15, 0.2) is 0 Å². The summed E-state index contributed by atoms with van der Waals surface area (Å²) in [5.41, 5.74) is 1.37. The van der Waals surface area contributed by atoms with Gasteiger partial charge in [-0.15, -0.1) is 0 Å². The molecule has 0 rings (SSSR count). The van der Waals surface area contributed by atoms with Crippen molar-refractivity contribution in [2.45, 2.75) is 60.3 Å². The molecule has 0 radical (unpaired) electrons. The van der Waals surface area contributed by atoms with Gasteiger partial charge in [-0.05, 0) is 32.1 Å². The maximum atomic E-state index is 2.36. The maximum absolute atomic E-state index is 2.36. The SMILES string of the molecule is C/C=C(C)/C=C/CC(C)CCCC(C)C. The topological polar surface area (TPSA) is 0 Å². The van der Waals surface area contributed by atoms with Crippen molar-refractivity contribution in [1.29, 1.82) is 0 Å². The van der Waals surface area contributed by atoms with E-state index in [1.165, 1.54) is 31.3 Å². The van der Waals surface area contributed by atoms with E-state index in [-0.39, 0.29) is 0 Å². The normalized spacial score (nSPS) is 15.2. The third kappa shape index (κ3) is 9.78. The average Bonchev–Trinajstić information content (AvgIpc) is 2.17. The molecule has 0 heteroatoms. The van der Waals surface area contributed by atoms with E-state index in [4.69, 9.17) is 0 Å². The van der Waals surface area contributed by atoms with Gasteiger partial charge in [-0.3, -0.25) is 0 Å². The molecule has 1 unspecified atom stereocenters. The fraction of sp³-hybridized carbons (Fsp3) is 0.733. The Kier molecular flexibility index (Phi) is 8.46. The van der Waals surface area contributed by atoms with Gasteiger partial charge in [-0.2, -0.15) is 0 Å². The van der Waals surface area contributed by atoms with Gasteiger partial charge in [0.1, 0.15) is 0 Å². The van der Waals surface area contributed by atoms with Gasteiger partial charge in [0.2, 0.25) is 0 Å². The van der Waals surface area contributed by atoms with Crippen LogP contribution in [0.4, 0.5) is 0 Å². The van der Waals surface area contributed by atoms with Crippen molar-refractivity contribution in [1.82, 2.24) is 0 Å². The van der Waals surface area contributed by atoms with Crippen molar-refractivity contribution >= 4 is 0 Å². The first kappa shape index (κ1) is 14.5. The summed E-state index contributed by atoms with van der Waals surface area (Å²) in [5, 5.41) is 0. The fourth-order valence-corrected chi connectivity index (χ4v) is 1.57. The van der Waals surface area contributed by atoms with Crippen molar-refractivity contribution in [3.8, 4) is 0 Å². The lowest BCUT2D eigenvalue weighted by Gasteiger charge is -2.09. The molecule has 0 saturated carbocycles. The molecule has 0 aliphatic rings. The molecule has 0 nitrogen and oxygen atoms in total. The van der Waals surface area contributed by atoms with Crippen LogP contribution < -0.4 is 0 Å². The zero-order chi connectivity index (χ0) is 11.7. The molecule has 1 atom stereocenters. The molecular formula is C15H28. The molecule has 0 aromatic rings. The number of hydrogen-bond donors (Lipinski definition) is 0. The van der Waals surface area contributed by atoms with Gasteiger partial charge in [-0.25, -0.2) is 0 Å². The molecule has 0 heterocycles. The Morgan fingerprint density at radius 2 is 1.80 bits per heavy atom. The monoisotopic (exact) mass is 208 g/mol. The highest BCUT2D eigenvalue weighted by atomic mass is 14.1. The summed E-state index contributed by atoms with van der Waals surface area (Å²) in [7, 11) is 0. The molecule has 0 bridgehead atoms. The van der Waals surface area contributed by atoms with Gasteiger partial charge >= 0.3 is 0 Å². The van der Waals surface area contributed by atoms with Crippen molar-refractivity contribution in [2.24, 2.45) is 11.8 Å². The Balaban J connectivity index is 3.57. The third-order valence-electron chi connectivity index (χ3n) is 2.85. The van der Waals surface area contributed by atoms with Crippen LogP contribution in [0.15, 0.2) is 23.8 Å². The summed E-state index contributed by atoms with van der Waals surface area (Å²) < 4.78 is 0. The Morgan fingerprint density at radius 1 is 1.13 bits per heavy atom. The first-order valence-electron chi connectivity index (χ1n) is 6.35. The van der Waals surface area contributed by atoms with Crippen molar-refractivity contribution < 1.29 is 0 Å². The lowest BCUT2D eigenvalue weighted by atomic mass is 9.97. The summed E-state index contributed by atoms with van der Waals surface area (Å²) >= 11 is 0. The second-order valence-electron chi connectivity index (χ2n) is 5.10. The second-order valence-corrected chi connectivity index (χ2v) is 5.10. The predicted molar refractivity (Wildman–Crippen MR) is 71.0 cm³/mol. The molecule has 0 aliphatic heterocycles. The minimum Gasteiger partial charge on any atom is -0.0847 e. The van der Waals surface area contributed by atoms with Crippen LogP contribution in [0.1, 0.15) is 60.3 Å². The van der Waals surface area contributed by atoms with Gasteiger partial charge in [0.05, 0.1) is 0 Å². The number of hydrogen-bond acceptors (Lipinski definition) is 0. The van der Waals surface area contributed by atoms with Crippen LogP contribution in [0.25, 0.3) is 0 Å². The van der Waals surface area contributed by atoms with Crippen LogP contribution in [0.2, 0.25) is 0 Å². The van der Waals surface area contributed by atoms with E-state index in [0.29, 0.717) is 0 Å². The molecule has 0 amide bonds. The van der Waals surface area contributed by atoms with Crippen molar-refractivity contribution in [2.75, 3.05) is 0 Å². The molecular weight excluding hydrogens is 180 g/mol. The average molecular weight is 208 g/mol. The van der Waals surface area contributed by atoms with E-state index in [2.05, 4.69) is 52.8 Å². The van der Waals surface area contributed by atoms with E-state index >= 15 is 0 Å². The fourth-order valence-electron chi connectivity index (χ4n) is 1.57. The zero-order valence-electron chi connectivity index (χ0n) is 11.2. The first-order valence-corrected chi connectivity index (χ1v) is 6.35. The maximum Gasteiger partial charge on any atom is -0.0322 e. The molecule has 0 aromatic carbocycles. The lowest BCUT2D eigenvalue weighted by Crippen LogP contribution is -1.95. The highest BCUT2D eigenvalue weighted by molar-refractivity contribution is 5.14. The molecule has 0 saturated heterocycles. The summed E-state index contributed by atoms with van der Waals surface area (Å²) in [6.45, 7) is 11.2. The quantitative estimate of drug-likeness (QED) is 0.494. The number of rotatable bonds is 7. The third-order valence-corrected chi connectivity index (χ3v) is 2.85. The van der Waals surface area contributed by atoms with Crippen molar-refractivity contribution in [3.05, 3.63) is 23.8 Å². The molecule has 0 N–H and O–H groups in total. The minimum atomic E-state index is 0.838. The Hall–Kier alpha value is -0.520. The summed E-state index contributed by atoms with van der Waals surface area (Å²) in [6.07, 6.45) is 12.1. The van der Waals surface area contributed by atoms with E-state index in [1.54, 1.807) is 0 Å². The van der Waals surface area contributed by atoms with Crippen LogP contribution in [-0.4, -0.2) is 0 Å². The van der Waals surface area contributed by atoms with E-state index in [1.807, 2.05) is 0 Å². The Morgan fingerprint density at radius 3 is 2.33 bits per heavy atom. The van der Waals surface area contributed by atoms with Gasteiger partial charge in [-0.1, -0.05) is 63.8 Å². The van der Waals surface area contributed by atoms with E-state index in [0.717, 1.165) is 11.8 Å². The summed E-state index contributed by atoms with van der Waals surface area (Å²) in [6, 6.07) is 0. The lowest BCUT2D eigenvalue weighted by molar-refractivity contribution is 0.461. The standard InChI is InChI=1S/C15H28/c1-6-14(4)10-8-12-15(5)11-7-9-13(2)3/h6,8,10,13,15H,7,9,11-12H2,1-5H3/b10-8+,14-6+. The molecule has 88 valence electrons. The predicted octanol–water partition coefficient (Wildman–Crippen LogP) is 5.36. The van der Waals surface area contributed by atoms with Gasteiger partial charge in [0.25, 0.3) is 0 Å². The van der Waals surface area contributed by atoms with Gasteiger partial charge < -0.3 is 0 Å². The highest BCUT2D eigenvalue weighted by Gasteiger charge is 2.00. The van der Waals surface area contributed by atoms with Crippen LogP contribution in [0.3, 0.4) is 0 Å². The molecule has 0 aromatic heterocycles. The zero-order valence-corrected chi connectivity index (χ0v) is 11.2. The first-order chi connectivity index (χ1) is 7.06. The Labute approximate surface area is 96.5 Å². The van der Waals surface area contributed by atoms with Crippen LogP contribution in [0, 0.1) is 11.8 Å². The molecule has 0 fully saturated rings. The molecule has 15 heavy (non-hydrogen) atoms. The Bertz CT molecular complexity index is 196. The summed E-state index contributed by atoms with van der Waals surface area (Å²) in [4.78, 5) is 0. The number of allylic oxidation sites excluding steroid dienone is 4. The molecule has 0 spiro atoms.